The molecule has 0 spiro atoms. The average Bonchev–Trinajstić information content (AvgIpc) is 2.97. The minimum Gasteiger partial charge on any atom is -0.368 e. The highest BCUT2D eigenvalue weighted by Crippen LogP contribution is 2.29. The lowest BCUT2D eigenvalue weighted by Crippen LogP contribution is -2.48. The number of piperazine rings is 1. The number of para-hydroxylation sites is 1. The molecule has 0 unspecified atom stereocenters. The minimum atomic E-state index is 0.165. The van der Waals surface area contributed by atoms with Gasteiger partial charge in [-0.3, -0.25) is 4.79 Å². The number of amides is 1. The van der Waals surface area contributed by atoms with E-state index in [0.29, 0.717) is 6.04 Å². The Balaban J connectivity index is 1.15. The topological polar surface area (TPSA) is 42.9 Å². The van der Waals surface area contributed by atoms with Crippen LogP contribution in [-0.4, -0.2) is 79.1 Å². The van der Waals surface area contributed by atoms with Crippen molar-refractivity contribution in [1.82, 2.24) is 14.8 Å². The van der Waals surface area contributed by atoms with Gasteiger partial charge < -0.3 is 19.6 Å². The summed E-state index contributed by atoms with van der Waals surface area (Å²) in [7, 11) is 0. The average molecular weight is 484 g/mol. The normalized spacial score (nSPS) is 20.2. The van der Waals surface area contributed by atoms with Crippen LogP contribution in [0.4, 0.5) is 11.5 Å². The first-order valence-electron chi connectivity index (χ1n) is 13.7. The second-order valence-corrected chi connectivity index (χ2v) is 10.5. The summed E-state index contributed by atoms with van der Waals surface area (Å²) in [6.45, 7) is 7.96. The van der Waals surface area contributed by atoms with Crippen molar-refractivity contribution >= 4 is 28.2 Å². The fraction of sp³-hybridized carbons (Fsp3) is 0.467. The number of anilines is 2. The number of aromatic nitrogens is 1. The molecule has 3 fully saturated rings. The summed E-state index contributed by atoms with van der Waals surface area (Å²) >= 11 is 0. The number of hydrogen-bond acceptors (Lipinski definition) is 5. The summed E-state index contributed by atoms with van der Waals surface area (Å²) in [5, 5.41) is 2.23. The van der Waals surface area contributed by atoms with E-state index in [9.17, 15) is 4.79 Å². The Kier molecular flexibility index (Phi) is 6.77. The van der Waals surface area contributed by atoms with Crippen LogP contribution in [-0.2, 0) is 0 Å². The lowest BCUT2D eigenvalue weighted by atomic mass is 9.99. The van der Waals surface area contributed by atoms with Crippen LogP contribution < -0.4 is 9.80 Å². The molecule has 6 rings (SSSR count). The fourth-order valence-electron chi connectivity index (χ4n) is 6.25. The number of fused-ring (bicyclic) bond motifs is 1. The van der Waals surface area contributed by atoms with Crippen LogP contribution in [0.25, 0.3) is 10.8 Å². The number of carbonyl (C=O) groups is 1. The first kappa shape index (κ1) is 23.3. The van der Waals surface area contributed by atoms with E-state index in [1.807, 2.05) is 12.3 Å². The van der Waals surface area contributed by atoms with Gasteiger partial charge in [-0.2, -0.15) is 0 Å². The number of piperidine rings is 2. The van der Waals surface area contributed by atoms with E-state index in [0.717, 1.165) is 74.3 Å². The molecular formula is C30H37N5O. The highest BCUT2D eigenvalue weighted by Gasteiger charge is 2.28. The second-order valence-electron chi connectivity index (χ2n) is 10.5. The molecule has 6 heteroatoms. The van der Waals surface area contributed by atoms with Crippen LogP contribution in [0.15, 0.2) is 60.8 Å². The molecule has 188 valence electrons. The van der Waals surface area contributed by atoms with E-state index >= 15 is 0 Å². The SMILES string of the molecule is O=C(c1ccc2ccnc(N3CCN(c4ccccc4)CC3)c2c1)N1CCC(N2CCCCC2)CC1. The molecule has 0 aliphatic carbocycles. The van der Waals surface area contributed by atoms with Crippen molar-refractivity contribution in [3.63, 3.8) is 0 Å². The zero-order valence-corrected chi connectivity index (χ0v) is 21.2. The van der Waals surface area contributed by atoms with Crippen molar-refractivity contribution in [3.05, 3.63) is 66.4 Å². The molecule has 3 aliphatic heterocycles. The Labute approximate surface area is 214 Å². The van der Waals surface area contributed by atoms with E-state index in [1.165, 1.54) is 38.0 Å². The molecule has 3 saturated heterocycles. The zero-order valence-electron chi connectivity index (χ0n) is 21.2. The van der Waals surface area contributed by atoms with Gasteiger partial charge in [0.25, 0.3) is 5.91 Å². The zero-order chi connectivity index (χ0) is 24.3. The van der Waals surface area contributed by atoms with Crippen molar-refractivity contribution in [3.8, 4) is 0 Å². The molecule has 0 saturated carbocycles. The van der Waals surface area contributed by atoms with Crippen molar-refractivity contribution in [1.29, 1.82) is 0 Å². The van der Waals surface area contributed by atoms with Crippen molar-refractivity contribution in [2.75, 3.05) is 62.2 Å². The quantitative estimate of drug-likeness (QED) is 0.540. The Bertz CT molecular complexity index is 1180. The molecule has 6 nitrogen and oxygen atoms in total. The van der Waals surface area contributed by atoms with E-state index in [1.54, 1.807) is 0 Å². The summed E-state index contributed by atoms with van der Waals surface area (Å²) < 4.78 is 0. The lowest BCUT2D eigenvalue weighted by Gasteiger charge is -2.40. The third-order valence-electron chi connectivity index (χ3n) is 8.35. The maximum atomic E-state index is 13.5. The highest BCUT2D eigenvalue weighted by atomic mass is 16.2. The van der Waals surface area contributed by atoms with Gasteiger partial charge in [0.2, 0.25) is 0 Å². The van der Waals surface area contributed by atoms with Crippen LogP contribution in [0.3, 0.4) is 0 Å². The number of likely N-dealkylation sites (tertiary alicyclic amines) is 2. The van der Waals surface area contributed by atoms with Gasteiger partial charge >= 0.3 is 0 Å². The van der Waals surface area contributed by atoms with Gasteiger partial charge in [-0.1, -0.05) is 30.7 Å². The van der Waals surface area contributed by atoms with Gasteiger partial charge in [-0.25, -0.2) is 4.98 Å². The molecular weight excluding hydrogens is 446 g/mol. The van der Waals surface area contributed by atoms with Gasteiger partial charge in [0.05, 0.1) is 0 Å². The third-order valence-corrected chi connectivity index (χ3v) is 8.35. The molecule has 2 aromatic carbocycles. The molecule has 0 bridgehead atoms. The van der Waals surface area contributed by atoms with Gasteiger partial charge in [0.1, 0.15) is 5.82 Å². The molecule has 1 amide bonds. The van der Waals surface area contributed by atoms with E-state index in [4.69, 9.17) is 4.98 Å². The predicted octanol–water partition coefficient (Wildman–Crippen LogP) is 4.65. The van der Waals surface area contributed by atoms with Crippen LogP contribution in [0.5, 0.6) is 0 Å². The van der Waals surface area contributed by atoms with Gasteiger partial charge in [-0.05, 0) is 74.5 Å². The number of carbonyl (C=O) groups excluding carboxylic acids is 1. The van der Waals surface area contributed by atoms with Gasteiger partial charge in [0.15, 0.2) is 0 Å². The van der Waals surface area contributed by atoms with Crippen molar-refractivity contribution in [2.24, 2.45) is 0 Å². The maximum Gasteiger partial charge on any atom is 0.253 e. The number of pyridine rings is 1. The summed E-state index contributed by atoms with van der Waals surface area (Å²) in [5.41, 5.74) is 2.07. The van der Waals surface area contributed by atoms with Crippen molar-refractivity contribution < 1.29 is 4.79 Å². The molecule has 36 heavy (non-hydrogen) atoms. The molecule has 0 N–H and O–H groups in total. The fourth-order valence-corrected chi connectivity index (χ4v) is 6.25. The van der Waals surface area contributed by atoms with E-state index < -0.39 is 0 Å². The van der Waals surface area contributed by atoms with Crippen LogP contribution in [0.1, 0.15) is 42.5 Å². The van der Waals surface area contributed by atoms with E-state index in [2.05, 4.69) is 68.1 Å². The smallest absolute Gasteiger partial charge is 0.253 e. The number of nitrogens with zero attached hydrogens (tertiary/aromatic N) is 5. The van der Waals surface area contributed by atoms with Crippen LogP contribution >= 0.6 is 0 Å². The summed E-state index contributed by atoms with van der Waals surface area (Å²) in [4.78, 5) is 27.8. The first-order valence-corrected chi connectivity index (χ1v) is 13.7. The lowest BCUT2D eigenvalue weighted by molar-refractivity contribution is 0.0590. The Hall–Kier alpha value is -3.12. The number of rotatable bonds is 4. The molecule has 3 aliphatic rings. The monoisotopic (exact) mass is 483 g/mol. The summed E-state index contributed by atoms with van der Waals surface area (Å²) in [5.74, 6) is 1.16. The standard InChI is InChI=1S/C30H37N5O/c36-30(35-17-12-27(13-18-35)32-15-5-2-6-16-32)25-10-9-24-11-14-31-29(28(24)23-25)34-21-19-33(20-22-34)26-7-3-1-4-8-26/h1,3-4,7-11,14,23,27H,2,5-6,12-13,15-22H2. The second kappa shape index (κ2) is 10.5. The highest BCUT2D eigenvalue weighted by molar-refractivity contribution is 6.01. The molecule has 1 aromatic heterocycles. The Morgan fingerprint density at radius 3 is 2.22 bits per heavy atom. The van der Waals surface area contributed by atoms with Crippen LogP contribution in [0, 0.1) is 0 Å². The number of hydrogen-bond donors (Lipinski definition) is 0. The van der Waals surface area contributed by atoms with Crippen LogP contribution in [0.2, 0.25) is 0 Å². The predicted molar refractivity (Wildman–Crippen MR) is 147 cm³/mol. The molecule has 0 atom stereocenters. The molecule has 3 aromatic rings. The first-order chi connectivity index (χ1) is 17.8. The minimum absolute atomic E-state index is 0.165. The van der Waals surface area contributed by atoms with Gasteiger partial charge in [-0.15, -0.1) is 0 Å². The number of benzene rings is 2. The van der Waals surface area contributed by atoms with E-state index in [-0.39, 0.29) is 5.91 Å². The van der Waals surface area contributed by atoms with Crippen molar-refractivity contribution in [2.45, 2.75) is 38.1 Å². The third kappa shape index (κ3) is 4.79. The summed E-state index contributed by atoms with van der Waals surface area (Å²) in [6.07, 6.45) is 8.11. The summed E-state index contributed by atoms with van der Waals surface area (Å²) in [6, 6.07) is 19.5. The maximum absolute atomic E-state index is 13.5. The molecule has 4 heterocycles. The van der Waals surface area contributed by atoms with Gasteiger partial charge in [0, 0.05) is 68.1 Å². The Morgan fingerprint density at radius 2 is 1.47 bits per heavy atom. The molecule has 0 radical (unpaired) electrons. The largest absolute Gasteiger partial charge is 0.368 e. The Morgan fingerprint density at radius 1 is 0.750 bits per heavy atom.